The van der Waals surface area contributed by atoms with Gasteiger partial charge in [-0.15, -0.1) is 0 Å². The van der Waals surface area contributed by atoms with Gasteiger partial charge in [0.05, 0.1) is 13.0 Å². The van der Waals surface area contributed by atoms with Crippen molar-refractivity contribution in [1.82, 2.24) is 4.90 Å². The third-order valence-electron chi connectivity index (χ3n) is 4.94. The van der Waals surface area contributed by atoms with Gasteiger partial charge in [0, 0.05) is 12.3 Å². The van der Waals surface area contributed by atoms with E-state index in [0.717, 1.165) is 21.9 Å². The number of hydrogen-bond acceptors (Lipinski definition) is 3. The topological polar surface area (TPSA) is 32.7 Å². The number of amides is 1. The van der Waals surface area contributed by atoms with E-state index >= 15 is 0 Å². The number of aliphatic imine (C=N–C) groups is 1. The lowest BCUT2D eigenvalue weighted by atomic mass is 10.0. The second kappa shape index (κ2) is 7.97. The first-order valence-electron chi connectivity index (χ1n) is 9.21. The molecule has 3 aromatic rings. The molecule has 0 aliphatic carbocycles. The van der Waals surface area contributed by atoms with Crippen molar-refractivity contribution >= 4 is 33.6 Å². The van der Waals surface area contributed by atoms with Gasteiger partial charge in [-0.25, -0.2) is 0 Å². The van der Waals surface area contributed by atoms with Gasteiger partial charge in [-0.1, -0.05) is 78.5 Å². The zero-order valence-corrected chi connectivity index (χ0v) is 16.2. The predicted octanol–water partition coefficient (Wildman–Crippen LogP) is 4.82. The van der Waals surface area contributed by atoms with Gasteiger partial charge in [0.15, 0.2) is 5.17 Å². The number of benzene rings is 3. The Hall–Kier alpha value is -2.59. The Morgan fingerprint density at radius 3 is 2.63 bits per heavy atom. The van der Waals surface area contributed by atoms with Crippen molar-refractivity contribution in [3.05, 3.63) is 83.4 Å². The number of amidine groups is 1. The number of hydrogen-bond donors (Lipinski definition) is 0. The fraction of sp³-hybridized carbons (Fsp3) is 0.217. The average Bonchev–Trinajstić information content (AvgIpc) is 3.16. The summed E-state index contributed by atoms with van der Waals surface area (Å²) in [7, 11) is 0. The number of aryl methyl sites for hydroxylation is 1. The highest BCUT2D eigenvalue weighted by Crippen LogP contribution is 2.24. The van der Waals surface area contributed by atoms with Crippen LogP contribution in [0.2, 0.25) is 0 Å². The summed E-state index contributed by atoms with van der Waals surface area (Å²) >= 11 is 1.66. The fourth-order valence-corrected chi connectivity index (χ4v) is 4.54. The summed E-state index contributed by atoms with van der Waals surface area (Å²) in [5.41, 5.74) is 3.64. The van der Waals surface area contributed by atoms with Gasteiger partial charge in [0.1, 0.15) is 0 Å². The number of thioether (sulfide) groups is 1. The molecule has 27 heavy (non-hydrogen) atoms. The molecule has 0 saturated heterocycles. The number of fused-ring (bicyclic) bond motifs is 1. The first-order valence-corrected chi connectivity index (χ1v) is 10.2. The molecule has 0 bridgehead atoms. The monoisotopic (exact) mass is 374 g/mol. The van der Waals surface area contributed by atoms with Crippen LogP contribution in [0.25, 0.3) is 10.8 Å². The van der Waals surface area contributed by atoms with E-state index in [1.807, 2.05) is 29.2 Å². The Kier molecular flexibility index (Phi) is 5.26. The van der Waals surface area contributed by atoms with Gasteiger partial charge in [0.2, 0.25) is 5.91 Å². The summed E-state index contributed by atoms with van der Waals surface area (Å²) in [6.07, 6.45) is 0.408. The molecule has 0 saturated carbocycles. The minimum Gasteiger partial charge on any atom is -0.289 e. The molecule has 0 aromatic heterocycles. The summed E-state index contributed by atoms with van der Waals surface area (Å²) in [5.74, 6) is 0.962. The Labute approximate surface area is 164 Å². The molecule has 3 nitrogen and oxygen atoms in total. The maximum atomic E-state index is 13.0. The Balaban J connectivity index is 1.46. The molecular formula is C23H22N2OS. The van der Waals surface area contributed by atoms with E-state index in [2.05, 4.69) is 54.4 Å². The molecule has 136 valence electrons. The molecule has 0 spiro atoms. The van der Waals surface area contributed by atoms with Gasteiger partial charge in [-0.2, -0.15) is 0 Å². The van der Waals surface area contributed by atoms with Gasteiger partial charge in [0.25, 0.3) is 0 Å². The van der Waals surface area contributed by atoms with Crippen molar-refractivity contribution in [3.63, 3.8) is 0 Å². The van der Waals surface area contributed by atoms with Crippen molar-refractivity contribution in [2.24, 2.45) is 4.99 Å². The van der Waals surface area contributed by atoms with E-state index in [1.165, 1.54) is 16.5 Å². The third kappa shape index (κ3) is 3.91. The van der Waals surface area contributed by atoms with Crippen molar-refractivity contribution in [3.8, 4) is 0 Å². The van der Waals surface area contributed by atoms with Gasteiger partial charge < -0.3 is 0 Å². The highest BCUT2D eigenvalue weighted by molar-refractivity contribution is 8.13. The quantitative estimate of drug-likeness (QED) is 0.656. The zero-order valence-electron chi connectivity index (χ0n) is 15.4. The van der Waals surface area contributed by atoms with E-state index in [1.54, 1.807) is 11.8 Å². The molecule has 1 aliphatic heterocycles. The van der Waals surface area contributed by atoms with Crippen molar-refractivity contribution in [2.75, 3.05) is 13.1 Å². The van der Waals surface area contributed by atoms with Crippen LogP contribution in [0.15, 0.2) is 71.7 Å². The van der Waals surface area contributed by atoms with Crippen molar-refractivity contribution in [2.45, 2.75) is 19.1 Å². The number of carbonyl (C=O) groups is 1. The number of carbonyl (C=O) groups excluding carboxylic acids is 1. The Morgan fingerprint density at radius 2 is 1.74 bits per heavy atom. The van der Waals surface area contributed by atoms with E-state index in [9.17, 15) is 4.79 Å². The SMILES string of the molecule is Cc1ccccc1CSC1=NCCN1C(=O)Cc1cccc2ccccc12. The van der Waals surface area contributed by atoms with E-state index in [-0.39, 0.29) is 5.91 Å². The van der Waals surface area contributed by atoms with E-state index in [0.29, 0.717) is 19.5 Å². The Morgan fingerprint density at radius 1 is 1.00 bits per heavy atom. The van der Waals surface area contributed by atoms with Crippen LogP contribution in [0.4, 0.5) is 0 Å². The molecule has 4 heteroatoms. The Bertz CT molecular complexity index is 1010. The molecule has 0 atom stereocenters. The molecule has 4 rings (SSSR count). The molecule has 0 fully saturated rings. The van der Waals surface area contributed by atoms with Gasteiger partial charge in [-0.3, -0.25) is 14.7 Å². The minimum absolute atomic E-state index is 0.125. The fourth-order valence-electron chi connectivity index (χ4n) is 3.40. The van der Waals surface area contributed by atoms with Crippen LogP contribution in [0.1, 0.15) is 16.7 Å². The lowest BCUT2D eigenvalue weighted by Crippen LogP contribution is -2.34. The molecule has 0 unspecified atom stereocenters. The largest absolute Gasteiger partial charge is 0.289 e. The first kappa shape index (κ1) is 17.8. The van der Waals surface area contributed by atoms with E-state index in [4.69, 9.17) is 0 Å². The standard InChI is InChI=1S/C23H22N2OS/c1-17-7-2-3-9-20(17)16-27-23-24-13-14-25(23)22(26)15-19-11-6-10-18-8-4-5-12-21(18)19/h2-12H,13-16H2,1H3. The van der Waals surface area contributed by atoms with Crippen LogP contribution >= 0.6 is 11.8 Å². The first-order chi connectivity index (χ1) is 13.2. The molecule has 1 aliphatic rings. The van der Waals surface area contributed by atoms with Crippen LogP contribution in [0.3, 0.4) is 0 Å². The zero-order chi connectivity index (χ0) is 18.6. The normalized spacial score (nSPS) is 13.8. The average molecular weight is 375 g/mol. The molecule has 0 radical (unpaired) electrons. The highest BCUT2D eigenvalue weighted by atomic mass is 32.2. The predicted molar refractivity (Wildman–Crippen MR) is 114 cm³/mol. The second-order valence-corrected chi connectivity index (χ2v) is 7.68. The summed E-state index contributed by atoms with van der Waals surface area (Å²) in [6, 6.07) is 22.8. The maximum absolute atomic E-state index is 13.0. The molecule has 3 aromatic carbocycles. The van der Waals surface area contributed by atoms with Crippen molar-refractivity contribution < 1.29 is 4.79 Å². The summed E-state index contributed by atoms with van der Waals surface area (Å²) < 4.78 is 0. The maximum Gasteiger partial charge on any atom is 0.233 e. The molecule has 0 N–H and O–H groups in total. The van der Waals surface area contributed by atoms with Gasteiger partial charge >= 0.3 is 0 Å². The van der Waals surface area contributed by atoms with E-state index < -0.39 is 0 Å². The third-order valence-corrected chi connectivity index (χ3v) is 6.01. The summed E-state index contributed by atoms with van der Waals surface area (Å²) in [4.78, 5) is 19.4. The summed E-state index contributed by atoms with van der Waals surface area (Å²) in [5, 5.41) is 3.18. The van der Waals surface area contributed by atoms with Crippen LogP contribution in [-0.2, 0) is 17.0 Å². The minimum atomic E-state index is 0.125. The summed E-state index contributed by atoms with van der Waals surface area (Å²) in [6.45, 7) is 3.49. The highest BCUT2D eigenvalue weighted by Gasteiger charge is 2.24. The smallest absolute Gasteiger partial charge is 0.233 e. The molecular weight excluding hydrogens is 352 g/mol. The molecule has 1 amide bonds. The van der Waals surface area contributed by atoms with Crippen LogP contribution in [-0.4, -0.2) is 29.1 Å². The second-order valence-electron chi connectivity index (χ2n) is 6.74. The van der Waals surface area contributed by atoms with Crippen LogP contribution < -0.4 is 0 Å². The lowest BCUT2D eigenvalue weighted by molar-refractivity contribution is -0.126. The lowest BCUT2D eigenvalue weighted by Gasteiger charge is -2.18. The van der Waals surface area contributed by atoms with Crippen molar-refractivity contribution in [1.29, 1.82) is 0 Å². The van der Waals surface area contributed by atoms with Gasteiger partial charge in [-0.05, 0) is 34.4 Å². The van der Waals surface area contributed by atoms with Crippen LogP contribution in [0.5, 0.6) is 0 Å². The van der Waals surface area contributed by atoms with Crippen LogP contribution in [0, 0.1) is 6.92 Å². The number of rotatable bonds is 4. The number of nitrogens with zero attached hydrogens (tertiary/aromatic N) is 2. The molecule has 1 heterocycles.